The Hall–Kier alpha value is -0.467. The van der Waals surface area contributed by atoms with E-state index >= 15 is 0 Å². The fourth-order valence-corrected chi connectivity index (χ4v) is 9.00. The van der Waals surface area contributed by atoms with Gasteiger partial charge in [-0.3, -0.25) is 0 Å². The van der Waals surface area contributed by atoms with Crippen molar-refractivity contribution in [1.82, 2.24) is 0 Å². The Labute approximate surface area is 246 Å². The second kappa shape index (κ2) is 24.6. The van der Waals surface area contributed by atoms with Crippen molar-refractivity contribution in [3.63, 3.8) is 0 Å². The molecule has 3 rings (SSSR count). The molecule has 0 unspecified atom stereocenters. The van der Waals surface area contributed by atoms with Gasteiger partial charge in [-0.15, -0.1) is 0 Å². The Morgan fingerprint density at radius 1 is 0.514 bits per heavy atom. The van der Waals surface area contributed by atoms with E-state index in [1.807, 2.05) is 0 Å². The van der Waals surface area contributed by atoms with Gasteiger partial charge in [-0.05, 0) is 52.9 Å². The first-order valence-corrected chi connectivity index (χ1v) is 19.6. The molecule has 0 aliphatic heterocycles. The van der Waals surface area contributed by atoms with Crippen LogP contribution in [0, 0.1) is 0 Å². The van der Waals surface area contributed by atoms with Crippen molar-refractivity contribution in [2.45, 2.75) is 41.5 Å². The van der Waals surface area contributed by atoms with Crippen LogP contribution in [0.5, 0.6) is 0 Å². The molecule has 0 aliphatic rings. The van der Waals surface area contributed by atoms with Gasteiger partial charge in [0.25, 0.3) is 0 Å². The van der Waals surface area contributed by atoms with Gasteiger partial charge < -0.3 is 0 Å². The van der Waals surface area contributed by atoms with Gasteiger partial charge in [0.05, 0.1) is 0 Å². The Morgan fingerprint density at radius 3 is 0.811 bits per heavy atom. The number of carbonyl (C=O) groups is 1. The molecular formula is C31H46ClOP3Ru. The molecule has 37 heavy (non-hydrogen) atoms. The van der Waals surface area contributed by atoms with Crippen LogP contribution in [-0.2, 0) is 18.3 Å². The molecule has 0 amide bonds. The van der Waals surface area contributed by atoms with Crippen molar-refractivity contribution in [2.75, 3.05) is 37.0 Å². The van der Waals surface area contributed by atoms with E-state index in [4.69, 9.17) is 0 Å². The van der Waals surface area contributed by atoms with Crippen molar-refractivity contribution < 1.29 is 23.1 Å². The molecule has 0 heterocycles. The molecule has 0 radical (unpaired) electrons. The zero-order chi connectivity index (χ0) is 27.9. The van der Waals surface area contributed by atoms with E-state index in [1.54, 1.807) is 15.9 Å². The molecule has 0 bridgehead atoms. The van der Waals surface area contributed by atoms with Gasteiger partial charge in [-0.1, -0.05) is 156 Å². The van der Waals surface area contributed by atoms with Crippen LogP contribution in [0.3, 0.4) is 0 Å². The van der Waals surface area contributed by atoms with Gasteiger partial charge in [0.2, 0.25) is 0 Å². The summed E-state index contributed by atoms with van der Waals surface area (Å²) in [7, 11) is 0.446. The molecule has 0 spiro atoms. The summed E-state index contributed by atoms with van der Waals surface area (Å²) >= 11 is 6.09. The van der Waals surface area contributed by atoms with Gasteiger partial charge >= 0.3 is 38.5 Å². The first kappa shape index (κ1) is 36.5. The summed E-state index contributed by atoms with van der Waals surface area (Å²) in [4.78, 5) is 9.20. The minimum absolute atomic E-state index is 0.149. The van der Waals surface area contributed by atoms with Crippen molar-refractivity contribution in [3.8, 4) is 0 Å². The SMILES string of the molecule is CCP(CC)c1ccccc1.CCP(CC)c1ccccc1.CCP(CC)c1ccccc1.O=[C](Cl)[RuH]. The molecule has 0 aromatic heterocycles. The van der Waals surface area contributed by atoms with Crippen LogP contribution in [0.4, 0.5) is 4.79 Å². The number of benzene rings is 3. The third-order valence-electron chi connectivity index (χ3n) is 5.65. The van der Waals surface area contributed by atoms with E-state index in [2.05, 4.69) is 144 Å². The Morgan fingerprint density at radius 2 is 0.676 bits per heavy atom. The topological polar surface area (TPSA) is 17.1 Å². The predicted octanol–water partition coefficient (Wildman–Crippen LogP) is 9.13. The van der Waals surface area contributed by atoms with Crippen LogP contribution in [-0.4, -0.2) is 40.8 Å². The maximum atomic E-state index is 9.20. The van der Waals surface area contributed by atoms with E-state index in [-0.39, 0.29) is 23.8 Å². The van der Waals surface area contributed by atoms with Gasteiger partial charge in [-0.25, -0.2) is 0 Å². The summed E-state index contributed by atoms with van der Waals surface area (Å²) in [5.41, 5.74) is 0. The molecule has 0 atom stereocenters. The average molecular weight is 664 g/mol. The standard InChI is InChI=1S/3C10H15P.CClO.Ru.H/c3*1-3-11(4-2)10-8-6-5-7-9-10;2-1-3;;/h3*5-9H,3-4H2,1-2H3;;;. The van der Waals surface area contributed by atoms with Crippen LogP contribution in [0.25, 0.3) is 0 Å². The normalized spacial score (nSPS) is 10.1. The Kier molecular flexibility index (Phi) is 24.3. The molecule has 6 heteroatoms. The summed E-state index contributed by atoms with van der Waals surface area (Å²) in [6, 6.07) is 32.6. The molecule has 0 saturated carbocycles. The van der Waals surface area contributed by atoms with Crippen molar-refractivity contribution >= 4 is 55.1 Å². The molecule has 0 N–H and O–H groups in total. The quantitative estimate of drug-likeness (QED) is 0.127. The number of halogens is 1. The zero-order valence-electron chi connectivity index (χ0n) is 23.4. The molecule has 0 saturated heterocycles. The fraction of sp³-hybridized carbons (Fsp3) is 0.387. The van der Waals surface area contributed by atoms with E-state index in [1.165, 1.54) is 55.3 Å². The Balaban J connectivity index is 0.000000490. The van der Waals surface area contributed by atoms with Crippen LogP contribution in [0.1, 0.15) is 41.5 Å². The van der Waals surface area contributed by atoms with E-state index in [0.29, 0.717) is 0 Å². The second-order valence-corrected chi connectivity index (χ2v) is 18.1. The summed E-state index contributed by atoms with van der Waals surface area (Å²) in [6.07, 6.45) is 7.89. The molecule has 0 fully saturated rings. The summed E-state index contributed by atoms with van der Waals surface area (Å²) < 4.78 is -0.391. The zero-order valence-corrected chi connectivity index (χ0v) is 28.7. The number of hydrogen-bond acceptors (Lipinski definition) is 1. The monoisotopic (exact) mass is 664 g/mol. The molecule has 1 nitrogen and oxygen atoms in total. The third-order valence-corrected chi connectivity index (χ3v) is 13.3. The molecule has 3 aromatic rings. The van der Waals surface area contributed by atoms with Crippen molar-refractivity contribution in [2.24, 2.45) is 0 Å². The third kappa shape index (κ3) is 17.7. The first-order valence-electron chi connectivity index (χ1n) is 13.1. The fourth-order valence-electron chi connectivity index (χ4n) is 3.68. The van der Waals surface area contributed by atoms with Crippen LogP contribution in [0.15, 0.2) is 91.0 Å². The maximum absolute atomic E-state index is 9.20. The van der Waals surface area contributed by atoms with Crippen LogP contribution < -0.4 is 15.9 Å². The van der Waals surface area contributed by atoms with Gasteiger partial charge in [0.15, 0.2) is 0 Å². The van der Waals surface area contributed by atoms with Gasteiger partial charge in [-0.2, -0.15) is 0 Å². The van der Waals surface area contributed by atoms with Gasteiger partial charge in [0, 0.05) is 0 Å². The van der Waals surface area contributed by atoms with E-state index in [0.717, 1.165) is 0 Å². The summed E-state index contributed by atoms with van der Waals surface area (Å²) in [6.45, 7) is 13.7. The molecule has 0 aliphatic carbocycles. The number of hydrogen-bond donors (Lipinski definition) is 0. The number of carbonyl (C=O) groups excluding carboxylic acids is 1. The first-order chi connectivity index (χ1) is 17.9. The van der Waals surface area contributed by atoms with Crippen LogP contribution >= 0.6 is 35.4 Å². The van der Waals surface area contributed by atoms with Crippen LogP contribution in [0.2, 0.25) is 0 Å². The second-order valence-electron chi connectivity index (χ2n) is 7.75. The summed E-state index contributed by atoms with van der Waals surface area (Å²) in [5, 5.41) is 4.65. The van der Waals surface area contributed by atoms with Crippen molar-refractivity contribution in [3.05, 3.63) is 91.0 Å². The van der Waals surface area contributed by atoms with E-state index < -0.39 is 3.84 Å². The summed E-state index contributed by atoms with van der Waals surface area (Å²) in [5.74, 6) is 0. The molecular weight excluding hydrogens is 618 g/mol. The predicted molar refractivity (Wildman–Crippen MR) is 175 cm³/mol. The van der Waals surface area contributed by atoms with Gasteiger partial charge in [0.1, 0.15) is 0 Å². The number of rotatable bonds is 9. The van der Waals surface area contributed by atoms with Crippen molar-refractivity contribution in [1.29, 1.82) is 0 Å². The average Bonchev–Trinajstić information content (AvgIpc) is 2.93. The minimum atomic E-state index is -0.391. The van der Waals surface area contributed by atoms with E-state index in [9.17, 15) is 4.79 Å². The molecule has 206 valence electrons. The Bertz CT molecular complexity index is 785. The molecule has 3 aromatic carbocycles.